The highest BCUT2D eigenvalue weighted by atomic mass is 16.5. The average Bonchev–Trinajstić information content (AvgIpc) is 2.35. The molecule has 1 aromatic rings. The molecule has 2 N–H and O–H groups in total. The first-order valence-electron chi connectivity index (χ1n) is 5.61. The molecule has 1 rings (SSSR count). The molecule has 0 aromatic heterocycles. The van der Waals surface area contributed by atoms with Crippen molar-refractivity contribution in [2.75, 3.05) is 7.11 Å². The summed E-state index contributed by atoms with van der Waals surface area (Å²) in [6.45, 7) is 0. The van der Waals surface area contributed by atoms with E-state index in [-0.39, 0.29) is 12.0 Å². The number of hydrogen-bond acceptors (Lipinski definition) is 3. The molecule has 3 nitrogen and oxygen atoms in total. The third-order valence-corrected chi connectivity index (χ3v) is 2.60. The van der Waals surface area contributed by atoms with Gasteiger partial charge in [-0.25, -0.2) is 0 Å². The van der Waals surface area contributed by atoms with Crippen molar-refractivity contribution < 1.29 is 9.53 Å². The molecule has 0 aliphatic carbocycles. The van der Waals surface area contributed by atoms with Crippen molar-refractivity contribution in [2.24, 2.45) is 5.73 Å². The van der Waals surface area contributed by atoms with Crippen LogP contribution in [0, 0.1) is 0 Å². The zero-order valence-corrected chi connectivity index (χ0v) is 9.69. The Kier molecular flexibility index (Phi) is 5.57. The number of ether oxygens (including phenoxy) is 1. The predicted molar refractivity (Wildman–Crippen MR) is 63.9 cm³/mol. The van der Waals surface area contributed by atoms with Crippen LogP contribution in [0.2, 0.25) is 0 Å². The van der Waals surface area contributed by atoms with Gasteiger partial charge in [-0.3, -0.25) is 4.79 Å². The summed E-state index contributed by atoms with van der Waals surface area (Å²) in [5.41, 5.74) is 7.18. The molecule has 16 heavy (non-hydrogen) atoms. The first-order valence-corrected chi connectivity index (χ1v) is 5.61. The Morgan fingerprint density at radius 2 is 2.00 bits per heavy atom. The monoisotopic (exact) mass is 221 g/mol. The molecule has 0 heterocycles. The first kappa shape index (κ1) is 12.7. The molecule has 0 saturated heterocycles. The molecule has 0 aliphatic heterocycles. The largest absolute Gasteiger partial charge is 0.469 e. The summed E-state index contributed by atoms with van der Waals surface area (Å²) in [5.74, 6) is -0.145. The number of carbonyl (C=O) groups excluding carboxylic acids is 1. The van der Waals surface area contributed by atoms with Gasteiger partial charge in [0, 0.05) is 12.5 Å². The molecule has 0 saturated carbocycles. The molecule has 0 amide bonds. The second kappa shape index (κ2) is 7.01. The molecular formula is C13H19NO2. The fourth-order valence-corrected chi connectivity index (χ4v) is 1.60. The fourth-order valence-electron chi connectivity index (χ4n) is 1.60. The van der Waals surface area contributed by atoms with Crippen molar-refractivity contribution in [1.82, 2.24) is 0 Å². The molecule has 0 fully saturated rings. The van der Waals surface area contributed by atoms with E-state index in [1.165, 1.54) is 7.11 Å². The van der Waals surface area contributed by atoms with Gasteiger partial charge in [-0.1, -0.05) is 36.8 Å². The third kappa shape index (κ3) is 4.45. The normalized spacial score (nSPS) is 12.1. The standard InChI is InChI=1S/C13H19NO2/c1-16-13(15)10-6-5-9-12(14)11-7-3-2-4-8-11/h2-4,7-8,12H,5-6,9-10,14H2,1H3. The smallest absolute Gasteiger partial charge is 0.305 e. The maximum atomic E-state index is 10.9. The number of unbranched alkanes of at least 4 members (excludes halogenated alkanes) is 1. The number of rotatable bonds is 6. The van der Waals surface area contributed by atoms with Crippen molar-refractivity contribution in [1.29, 1.82) is 0 Å². The van der Waals surface area contributed by atoms with E-state index < -0.39 is 0 Å². The van der Waals surface area contributed by atoms with Crippen LogP contribution in [0.15, 0.2) is 30.3 Å². The lowest BCUT2D eigenvalue weighted by atomic mass is 10.0. The summed E-state index contributed by atoms with van der Waals surface area (Å²) in [5, 5.41) is 0. The van der Waals surface area contributed by atoms with E-state index in [1.807, 2.05) is 30.3 Å². The van der Waals surface area contributed by atoms with Gasteiger partial charge < -0.3 is 10.5 Å². The van der Waals surface area contributed by atoms with Crippen molar-refractivity contribution in [3.05, 3.63) is 35.9 Å². The van der Waals surface area contributed by atoms with Gasteiger partial charge in [0.15, 0.2) is 0 Å². The fraction of sp³-hybridized carbons (Fsp3) is 0.462. The summed E-state index contributed by atoms with van der Waals surface area (Å²) in [6.07, 6.45) is 3.18. The summed E-state index contributed by atoms with van der Waals surface area (Å²) in [7, 11) is 1.41. The molecule has 3 heteroatoms. The summed E-state index contributed by atoms with van der Waals surface area (Å²) in [4.78, 5) is 10.9. The van der Waals surface area contributed by atoms with E-state index in [2.05, 4.69) is 4.74 Å². The Morgan fingerprint density at radius 1 is 1.31 bits per heavy atom. The number of methoxy groups -OCH3 is 1. The second-order valence-electron chi connectivity index (χ2n) is 3.84. The Hall–Kier alpha value is -1.35. The second-order valence-corrected chi connectivity index (χ2v) is 3.84. The highest BCUT2D eigenvalue weighted by Crippen LogP contribution is 2.16. The van der Waals surface area contributed by atoms with Crippen LogP contribution in [-0.2, 0) is 9.53 Å². The maximum absolute atomic E-state index is 10.9. The van der Waals surface area contributed by atoms with E-state index in [1.54, 1.807) is 0 Å². The van der Waals surface area contributed by atoms with Crippen molar-refractivity contribution >= 4 is 5.97 Å². The molecule has 1 aromatic carbocycles. The van der Waals surface area contributed by atoms with Gasteiger partial charge in [0.25, 0.3) is 0 Å². The third-order valence-electron chi connectivity index (χ3n) is 2.60. The van der Waals surface area contributed by atoms with Crippen LogP contribution in [0.5, 0.6) is 0 Å². The van der Waals surface area contributed by atoms with E-state index in [0.29, 0.717) is 6.42 Å². The molecule has 88 valence electrons. The Bertz CT molecular complexity index is 311. The lowest BCUT2D eigenvalue weighted by molar-refractivity contribution is -0.140. The number of benzene rings is 1. The van der Waals surface area contributed by atoms with Crippen LogP contribution in [0.3, 0.4) is 0 Å². The van der Waals surface area contributed by atoms with Crippen LogP contribution in [0.1, 0.15) is 37.3 Å². The molecule has 1 atom stereocenters. The highest BCUT2D eigenvalue weighted by molar-refractivity contribution is 5.68. The Labute approximate surface area is 96.6 Å². The summed E-state index contributed by atoms with van der Waals surface area (Å²) in [6, 6.07) is 10.1. The predicted octanol–water partition coefficient (Wildman–Crippen LogP) is 2.42. The number of esters is 1. The summed E-state index contributed by atoms with van der Waals surface area (Å²) < 4.78 is 4.57. The van der Waals surface area contributed by atoms with Crippen molar-refractivity contribution in [3.8, 4) is 0 Å². The quantitative estimate of drug-likeness (QED) is 0.593. The lowest BCUT2D eigenvalue weighted by Crippen LogP contribution is -2.10. The van der Waals surface area contributed by atoms with Gasteiger partial charge >= 0.3 is 5.97 Å². The SMILES string of the molecule is COC(=O)CCCCC(N)c1ccccc1. The van der Waals surface area contributed by atoms with Gasteiger partial charge in [-0.2, -0.15) is 0 Å². The van der Waals surface area contributed by atoms with Gasteiger partial charge in [-0.05, 0) is 18.4 Å². The molecule has 0 radical (unpaired) electrons. The van der Waals surface area contributed by atoms with Crippen LogP contribution < -0.4 is 5.73 Å². The lowest BCUT2D eigenvalue weighted by Gasteiger charge is -2.11. The van der Waals surface area contributed by atoms with E-state index in [4.69, 9.17) is 5.73 Å². The van der Waals surface area contributed by atoms with E-state index >= 15 is 0 Å². The Morgan fingerprint density at radius 3 is 2.62 bits per heavy atom. The van der Waals surface area contributed by atoms with Crippen LogP contribution in [-0.4, -0.2) is 13.1 Å². The van der Waals surface area contributed by atoms with E-state index in [9.17, 15) is 4.79 Å². The number of hydrogen-bond donors (Lipinski definition) is 1. The minimum Gasteiger partial charge on any atom is -0.469 e. The topological polar surface area (TPSA) is 52.3 Å². The number of nitrogens with two attached hydrogens (primary N) is 1. The zero-order chi connectivity index (χ0) is 11.8. The molecule has 0 aliphatic rings. The van der Waals surface area contributed by atoms with Gasteiger partial charge in [0.2, 0.25) is 0 Å². The minimum atomic E-state index is -0.145. The maximum Gasteiger partial charge on any atom is 0.305 e. The molecule has 1 unspecified atom stereocenters. The highest BCUT2D eigenvalue weighted by Gasteiger charge is 2.05. The minimum absolute atomic E-state index is 0.0684. The molecule has 0 bridgehead atoms. The van der Waals surface area contributed by atoms with Gasteiger partial charge in [0.1, 0.15) is 0 Å². The zero-order valence-electron chi connectivity index (χ0n) is 9.69. The molecular weight excluding hydrogens is 202 g/mol. The van der Waals surface area contributed by atoms with Gasteiger partial charge in [0.05, 0.1) is 7.11 Å². The van der Waals surface area contributed by atoms with Crippen LogP contribution in [0.4, 0.5) is 0 Å². The average molecular weight is 221 g/mol. The van der Waals surface area contributed by atoms with Crippen LogP contribution >= 0.6 is 0 Å². The Balaban J connectivity index is 2.21. The number of carbonyl (C=O) groups is 1. The van der Waals surface area contributed by atoms with Crippen molar-refractivity contribution in [2.45, 2.75) is 31.7 Å². The van der Waals surface area contributed by atoms with Crippen molar-refractivity contribution in [3.63, 3.8) is 0 Å². The van der Waals surface area contributed by atoms with E-state index in [0.717, 1.165) is 24.8 Å². The van der Waals surface area contributed by atoms with Gasteiger partial charge in [-0.15, -0.1) is 0 Å². The van der Waals surface area contributed by atoms with Crippen LogP contribution in [0.25, 0.3) is 0 Å². The molecule has 0 spiro atoms. The first-order chi connectivity index (χ1) is 7.74. The summed E-state index contributed by atoms with van der Waals surface area (Å²) >= 11 is 0.